The van der Waals surface area contributed by atoms with Crippen LogP contribution in [0.4, 0.5) is 5.69 Å². The van der Waals surface area contributed by atoms with Crippen LogP contribution in [0.15, 0.2) is 42.5 Å². The summed E-state index contributed by atoms with van der Waals surface area (Å²) >= 11 is 0. The summed E-state index contributed by atoms with van der Waals surface area (Å²) in [7, 11) is 0. The zero-order valence-corrected chi connectivity index (χ0v) is 13.8. The predicted octanol–water partition coefficient (Wildman–Crippen LogP) is 2.66. The van der Waals surface area contributed by atoms with Crippen molar-refractivity contribution in [2.24, 2.45) is 0 Å². The minimum Gasteiger partial charge on any atom is -0.492 e. The quantitative estimate of drug-likeness (QED) is 0.425. The van der Waals surface area contributed by atoms with Gasteiger partial charge in [0.15, 0.2) is 5.78 Å². The first-order chi connectivity index (χ1) is 12.0. The highest BCUT2D eigenvalue weighted by Gasteiger charge is 2.14. The molecule has 0 aliphatic carbocycles. The van der Waals surface area contributed by atoms with Crippen LogP contribution in [-0.2, 0) is 0 Å². The van der Waals surface area contributed by atoms with Crippen molar-refractivity contribution in [1.29, 1.82) is 0 Å². The maximum absolute atomic E-state index is 12.5. The maximum Gasteiger partial charge on any atom is 0.274 e. The van der Waals surface area contributed by atoms with Crippen molar-refractivity contribution in [1.82, 2.24) is 5.48 Å². The number of hydrogen-bond donors (Lipinski definition) is 3. The van der Waals surface area contributed by atoms with E-state index in [-0.39, 0.29) is 16.9 Å². The number of ketones is 1. The maximum atomic E-state index is 12.5. The number of rotatable bonds is 6. The van der Waals surface area contributed by atoms with Gasteiger partial charge in [-0.25, -0.2) is 5.48 Å². The largest absolute Gasteiger partial charge is 0.492 e. The van der Waals surface area contributed by atoms with Crippen molar-refractivity contribution >= 4 is 23.3 Å². The first-order valence-electron chi connectivity index (χ1n) is 7.60. The molecule has 0 saturated heterocycles. The molecular weight excluding hydrogens is 324 g/mol. The van der Waals surface area contributed by atoms with E-state index in [0.29, 0.717) is 23.6 Å². The molecule has 7 heteroatoms. The number of nitrogens with one attached hydrogen (secondary N) is 2. The Hall–Kier alpha value is -3.19. The summed E-state index contributed by atoms with van der Waals surface area (Å²) in [5, 5.41) is 11.4. The van der Waals surface area contributed by atoms with Gasteiger partial charge in [-0.05, 0) is 50.2 Å². The molecule has 0 aliphatic rings. The van der Waals surface area contributed by atoms with E-state index in [0.717, 1.165) is 0 Å². The van der Waals surface area contributed by atoms with Crippen LogP contribution < -0.4 is 15.5 Å². The van der Waals surface area contributed by atoms with Crippen molar-refractivity contribution in [3.05, 3.63) is 59.2 Å². The Morgan fingerprint density at radius 3 is 2.28 bits per heavy atom. The van der Waals surface area contributed by atoms with Crippen molar-refractivity contribution in [2.75, 3.05) is 11.9 Å². The van der Waals surface area contributed by atoms with Gasteiger partial charge in [0.25, 0.3) is 11.8 Å². The van der Waals surface area contributed by atoms with E-state index in [9.17, 15) is 14.4 Å². The molecule has 0 fully saturated rings. The molecule has 2 amide bonds. The van der Waals surface area contributed by atoms with E-state index < -0.39 is 11.8 Å². The number of carbonyl (C=O) groups is 3. The average molecular weight is 342 g/mol. The highest BCUT2D eigenvalue weighted by molar-refractivity contribution is 6.07. The monoisotopic (exact) mass is 342 g/mol. The minimum absolute atomic E-state index is 0.137. The SMILES string of the molecule is CCOc1ccc(C(C)=O)cc1NC(=O)c1cccc(C(=O)NO)c1. The van der Waals surface area contributed by atoms with Crippen LogP contribution in [0.1, 0.15) is 44.9 Å². The van der Waals surface area contributed by atoms with Crippen LogP contribution in [0.3, 0.4) is 0 Å². The number of Topliss-reactive ketones (excluding diaryl/α,β-unsaturated/α-hetero) is 1. The zero-order valence-electron chi connectivity index (χ0n) is 13.8. The lowest BCUT2D eigenvalue weighted by molar-refractivity contribution is 0.0706. The fourth-order valence-corrected chi connectivity index (χ4v) is 2.19. The van der Waals surface area contributed by atoms with Crippen molar-refractivity contribution < 1.29 is 24.3 Å². The summed E-state index contributed by atoms with van der Waals surface area (Å²) in [6.07, 6.45) is 0. The molecule has 0 spiro atoms. The molecule has 2 rings (SSSR count). The van der Waals surface area contributed by atoms with Crippen molar-refractivity contribution in [3.8, 4) is 5.75 Å². The third kappa shape index (κ3) is 4.42. The molecule has 130 valence electrons. The van der Waals surface area contributed by atoms with Gasteiger partial charge in [0.1, 0.15) is 5.75 Å². The second-order valence-electron chi connectivity index (χ2n) is 5.18. The predicted molar refractivity (Wildman–Crippen MR) is 91.3 cm³/mol. The molecule has 0 radical (unpaired) electrons. The molecule has 7 nitrogen and oxygen atoms in total. The van der Waals surface area contributed by atoms with E-state index in [2.05, 4.69) is 5.32 Å². The van der Waals surface area contributed by atoms with Gasteiger partial charge in [-0.15, -0.1) is 0 Å². The normalized spacial score (nSPS) is 10.0. The summed E-state index contributed by atoms with van der Waals surface area (Å²) in [5.74, 6) is -0.900. The Balaban J connectivity index is 2.32. The minimum atomic E-state index is -0.719. The Labute approximate surface area is 144 Å². The van der Waals surface area contributed by atoms with Crippen molar-refractivity contribution in [3.63, 3.8) is 0 Å². The Morgan fingerprint density at radius 1 is 1.00 bits per heavy atom. The van der Waals surface area contributed by atoms with Crippen LogP contribution in [0.25, 0.3) is 0 Å². The highest BCUT2D eigenvalue weighted by atomic mass is 16.5. The lowest BCUT2D eigenvalue weighted by Gasteiger charge is -2.13. The van der Waals surface area contributed by atoms with E-state index in [1.54, 1.807) is 12.1 Å². The summed E-state index contributed by atoms with van der Waals surface area (Å²) in [6.45, 7) is 3.63. The van der Waals surface area contributed by atoms with Gasteiger partial charge in [-0.2, -0.15) is 0 Å². The molecule has 0 heterocycles. The third-order valence-electron chi connectivity index (χ3n) is 3.42. The Morgan fingerprint density at radius 2 is 1.68 bits per heavy atom. The number of benzene rings is 2. The van der Waals surface area contributed by atoms with Crippen LogP contribution >= 0.6 is 0 Å². The van der Waals surface area contributed by atoms with E-state index in [4.69, 9.17) is 9.94 Å². The zero-order chi connectivity index (χ0) is 18.4. The molecule has 0 bridgehead atoms. The fourth-order valence-electron chi connectivity index (χ4n) is 2.19. The number of carbonyl (C=O) groups excluding carboxylic acids is 3. The molecule has 0 aliphatic heterocycles. The van der Waals surface area contributed by atoms with Gasteiger partial charge < -0.3 is 10.1 Å². The molecular formula is C18H18N2O5. The summed E-state index contributed by atoms with van der Waals surface area (Å²) in [4.78, 5) is 35.5. The highest BCUT2D eigenvalue weighted by Crippen LogP contribution is 2.27. The summed E-state index contributed by atoms with van der Waals surface area (Å²) in [5.41, 5.74) is 2.67. The van der Waals surface area contributed by atoms with Gasteiger partial charge in [-0.3, -0.25) is 19.6 Å². The molecule has 0 atom stereocenters. The number of hydroxylamine groups is 1. The Bertz CT molecular complexity index is 817. The van der Waals surface area contributed by atoms with Crippen molar-refractivity contribution in [2.45, 2.75) is 13.8 Å². The first kappa shape index (κ1) is 18.2. The van der Waals surface area contributed by atoms with E-state index in [1.807, 2.05) is 6.92 Å². The molecule has 0 aromatic heterocycles. The molecule has 3 N–H and O–H groups in total. The molecule has 25 heavy (non-hydrogen) atoms. The molecule has 2 aromatic rings. The number of ether oxygens (including phenoxy) is 1. The van der Waals surface area contributed by atoms with Gasteiger partial charge in [-0.1, -0.05) is 6.07 Å². The first-order valence-corrected chi connectivity index (χ1v) is 7.60. The average Bonchev–Trinajstić information content (AvgIpc) is 2.62. The van der Waals surface area contributed by atoms with Crippen LogP contribution in [0, 0.1) is 0 Å². The smallest absolute Gasteiger partial charge is 0.274 e. The number of hydrogen-bond acceptors (Lipinski definition) is 5. The van der Waals surface area contributed by atoms with Crippen LogP contribution in [0.2, 0.25) is 0 Å². The number of amides is 2. The van der Waals surface area contributed by atoms with E-state index >= 15 is 0 Å². The van der Waals surface area contributed by atoms with Crippen LogP contribution in [0.5, 0.6) is 5.75 Å². The molecule has 0 unspecified atom stereocenters. The lowest BCUT2D eigenvalue weighted by atomic mass is 10.1. The van der Waals surface area contributed by atoms with Gasteiger partial charge in [0.05, 0.1) is 12.3 Å². The summed E-state index contributed by atoms with van der Waals surface area (Å²) < 4.78 is 5.46. The van der Waals surface area contributed by atoms with E-state index in [1.165, 1.54) is 42.7 Å². The molecule has 2 aromatic carbocycles. The van der Waals surface area contributed by atoms with Gasteiger partial charge >= 0.3 is 0 Å². The fraction of sp³-hybridized carbons (Fsp3) is 0.167. The lowest BCUT2D eigenvalue weighted by Crippen LogP contribution is -2.20. The Kier molecular flexibility index (Phi) is 5.86. The van der Waals surface area contributed by atoms with Crippen LogP contribution in [-0.4, -0.2) is 29.4 Å². The van der Waals surface area contributed by atoms with Gasteiger partial charge in [0, 0.05) is 16.7 Å². The number of anilines is 1. The van der Waals surface area contributed by atoms with Gasteiger partial charge in [0.2, 0.25) is 0 Å². The summed E-state index contributed by atoms with van der Waals surface area (Å²) in [6, 6.07) is 10.6. The topological polar surface area (TPSA) is 105 Å². The standard InChI is InChI=1S/C18H18N2O5/c1-3-25-16-8-7-12(11(2)21)10-15(16)19-17(22)13-5-4-6-14(9-13)18(23)20-24/h4-10,24H,3H2,1-2H3,(H,19,22)(H,20,23). The second kappa shape index (κ2) is 8.07. The third-order valence-corrected chi connectivity index (χ3v) is 3.42. The second-order valence-corrected chi connectivity index (χ2v) is 5.18. The molecule has 0 saturated carbocycles.